The Kier molecular flexibility index (Phi) is 4.85. The number of nitrogens with one attached hydrogen (secondary N) is 1. The first kappa shape index (κ1) is 16.1. The van der Waals surface area contributed by atoms with Crippen molar-refractivity contribution in [2.24, 2.45) is 0 Å². The third-order valence-corrected chi connectivity index (χ3v) is 3.74. The molecule has 1 aromatic heterocycles. The Morgan fingerprint density at radius 1 is 1.33 bits per heavy atom. The first-order chi connectivity index (χ1) is 11.6. The quantitative estimate of drug-likeness (QED) is 0.867. The molecule has 8 heteroatoms. The second kappa shape index (κ2) is 7.22. The molecule has 1 fully saturated rings. The van der Waals surface area contributed by atoms with E-state index in [1.807, 2.05) is 4.90 Å². The Balaban J connectivity index is 1.67. The maximum Gasteiger partial charge on any atom is 0.256 e. The average Bonchev–Trinajstić information content (AvgIpc) is 2.61. The Hall–Kier alpha value is -2.74. The Labute approximate surface area is 138 Å². The van der Waals surface area contributed by atoms with Crippen LogP contribution < -0.4 is 16.0 Å². The zero-order chi connectivity index (χ0) is 16.9. The van der Waals surface area contributed by atoms with Gasteiger partial charge in [0.1, 0.15) is 11.6 Å². The van der Waals surface area contributed by atoms with E-state index in [1.54, 1.807) is 18.2 Å². The van der Waals surface area contributed by atoms with Crippen LogP contribution in [0.2, 0.25) is 0 Å². The predicted molar refractivity (Wildman–Crippen MR) is 87.0 cm³/mol. The number of halogens is 1. The summed E-state index contributed by atoms with van der Waals surface area (Å²) in [4.78, 5) is 22.5. The lowest BCUT2D eigenvalue weighted by Crippen LogP contribution is -2.37. The minimum atomic E-state index is -0.440. The molecular formula is C16H18FN5O2. The van der Waals surface area contributed by atoms with Gasteiger partial charge >= 0.3 is 0 Å². The molecule has 0 unspecified atom stereocenters. The van der Waals surface area contributed by atoms with Gasteiger partial charge in [0.25, 0.3) is 5.91 Å². The van der Waals surface area contributed by atoms with Crippen LogP contribution in [0, 0.1) is 5.82 Å². The van der Waals surface area contributed by atoms with Gasteiger partial charge in [-0.15, -0.1) is 0 Å². The van der Waals surface area contributed by atoms with Crippen LogP contribution >= 0.6 is 0 Å². The topological polar surface area (TPSA) is 93.4 Å². The number of ether oxygens (including phenoxy) is 1. The van der Waals surface area contributed by atoms with Crippen LogP contribution in [0.25, 0.3) is 0 Å². The molecule has 7 nitrogen and oxygen atoms in total. The summed E-state index contributed by atoms with van der Waals surface area (Å²) < 4.78 is 18.8. The van der Waals surface area contributed by atoms with Crippen molar-refractivity contribution in [3.8, 4) is 0 Å². The molecule has 1 aliphatic rings. The van der Waals surface area contributed by atoms with E-state index < -0.39 is 5.91 Å². The number of benzene rings is 1. The molecule has 0 bridgehead atoms. The van der Waals surface area contributed by atoms with Crippen molar-refractivity contribution in [2.45, 2.75) is 6.54 Å². The normalized spacial score (nSPS) is 14.5. The number of morpholine rings is 1. The maximum absolute atomic E-state index is 13.6. The number of rotatable bonds is 4. The molecule has 0 spiro atoms. The zero-order valence-corrected chi connectivity index (χ0v) is 13.0. The fraction of sp³-hybridized carbons (Fsp3) is 0.312. The Morgan fingerprint density at radius 3 is 2.79 bits per heavy atom. The molecule has 3 N–H and O–H groups in total. The molecule has 1 aromatic carbocycles. The first-order valence-electron chi connectivity index (χ1n) is 7.62. The second-order valence-corrected chi connectivity index (χ2v) is 5.34. The zero-order valence-electron chi connectivity index (χ0n) is 13.0. The molecule has 0 saturated carbocycles. The second-order valence-electron chi connectivity index (χ2n) is 5.34. The summed E-state index contributed by atoms with van der Waals surface area (Å²) >= 11 is 0. The molecule has 24 heavy (non-hydrogen) atoms. The molecular weight excluding hydrogens is 313 g/mol. The van der Waals surface area contributed by atoms with Crippen molar-refractivity contribution in [3.05, 3.63) is 47.4 Å². The van der Waals surface area contributed by atoms with E-state index in [4.69, 9.17) is 10.5 Å². The average molecular weight is 331 g/mol. The van der Waals surface area contributed by atoms with Crippen LogP contribution in [-0.2, 0) is 11.3 Å². The third-order valence-electron chi connectivity index (χ3n) is 3.74. The van der Waals surface area contributed by atoms with Gasteiger partial charge in [-0.25, -0.2) is 9.37 Å². The van der Waals surface area contributed by atoms with Crippen molar-refractivity contribution in [3.63, 3.8) is 0 Å². The highest BCUT2D eigenvalue weighted by Gasteiger charge is 2.17. The Bertz CT molecular complexity index is 734. The molecule has 3 rings (SSSR count). The van der Waals surface area contributed by atoms with E-state index in [0.29, 0.717) is 37.8 Å². The molecule has 1 aliphatic heterocycles. The van der Waals surface area contributed by atoms with Crippen molar-refractivity contribution in [1.29, 1.82) is 0 Å². The number of nitrogen functional groups attached to an aromatic ring is 1. The van der Waals surface area contributed by atoms with Crippen molar-refractivity contribution >= 4 is 17.7 Å². The molecule has 1 saturated heterocycles. The van der Waals surface area contributed by atoms with Crippen LogP contribution in [-0.4, -0.2) is 42.2 Å². The lowest BCUT2D eigenvalue weighted by molar-refractivity contribution is 0.0950. The van der Waals surface area contributed by atoms with Gasteiger partial charge in [-0.05, 0) is 6.07 Å². The van der Waals surface area contributed by atoms with Crippen molar-refractivity contribution in [2.75, 3.05) is 36.9 Å². The third kappa shape index (κ3) is 3.60. The highest BCUT2D eigenvalue weighted by molar-refractivity contribution is 5.98. The van der Waals surface area contributed by atoms with Crippen LogP contribution in [0.5, 0.6) is 0 Å². The van der Waals surface area contributed by atoms with Crippen molar-refractivity contribution in [1.82, 2.24) is 15.3 Å². The largest absolute Gasteiger partial charge is 0.383 e. The van der Waals surface area contributed by atoms with Gasteiger partial charge in [0.2, 0.25) is 5.95 Å². The van der Waals surface area contributed by atoms with E-state index in [1.165, 1.54) is 12.3 Å². The highest BCUT2D eigenvalue weighted by atomic mass is 19.1. The summed E-state index contributed by atoms with van der Waals surface area (Å²) in [5.74, 6) is -0.243. The van der Waals surface area contributed by atoms with Crippen molar-refractivity contribution < 1.29 is 13.9 Å². The predicted octanol–water partition coefficient (Wildman–Crippen LogP) is 0.964. The van der Waals surface area contributed by atoms with Crippen LogP contribution in [0.4, 0.5) is 16.2 Å². The van der Waals surface area contributed by atoms with Crippen LogP contribution in [0.3, 0.4) is 0 Å². The fourth-order valence-electron chi connectivity index (χ4n) is 2.39. The van der Waals surface area contributed by atoms with Gasteiger partial charge in [0, 0.05) is 31.4 Å². The number of nitrogens with two attached hydrogens (primary N) is 1. The van der Waals surface area contributed by atoms with Crippen LogP contribution in [0.1, 0.15) is 15.9 Å². The summed E-state index contributed by atoms with van der Waals surface area (Å²) in [6.45, 7) is 2.63. The van der Waals surface area contributed by atoms with E-state index in [9.17, 15) is 9.18 Å². The monoisotopic (exact) mass is 331 g/mol. The first-order valence-corrected chi connectivity index (χ1v) is 7.62. The lowest BCUT2D eigenvalue weighted by Gasteiger charge is -2.26. The van der Waals surface area contributed by atoms with Gasteiger partial charge < -0.3 is 20.7 Å². The summed E-state index contributed by atoms with van der Waals surface area (Å²) in [7, 11) is 0. The number of amides is 1. The highest BCUT2D eigenvalue weighted by Crippen LogP contribution is 2.15. The maximum atomic E-state index is 13.6. The number of hydrogen-bond donors (Lipinski definition) is 2. The number of anilines is 2. The summed E-state index contributed by atoms with van der Waals surface area (Å²) in [5, 5.41) is 2.62. The van der Waals surface area contributed by atoms with Gasteiger partial charge in [0.15, 0.2) is 0 Å². The molecule has 0 aliphatic carbocycles. The minimum absolute atomic E-state index is 0.0656. The van der Waals surface area contributed by atoms with E-state index >= 15 is 0 Å². The lowest BCUT2D eigenvalue weighted by atomic mass is 10.2. The summed E-state index contributed by atoms with van der Waals surface area (Å²) in [5.41, 5.74) is 6.45. The fourth-order valence-corrected chi connectivity index (χ4v) is 2.39. The van der Waals surface area contributed by atoms with E-state index in [-0.39, 0.29) is 23.7 Å². The van der Waals surface area contributed by atoms with E-state index in [0.717, 1.165) is 0 Å². The molecule has 0 radical (unpaired) electrons. The van der Waals surface area contributed by atoms with Crippen LogP contribution in [0.15, 0.2) is 30.5 Å². The number of aromatic nitrogens is 2. The SMILES string of the molecule is Nc1nc(N2CCOCC2)ncc1C(=O)NCc1ccccc1F. The number of carbonyl (C=O) groups is 1. The van der Waals surface area contributed by atoms with Gasteiger partial charge in [-0.3, -0.25) is 4.79 Å². The molecule has 2 heterocycles. The molecule has 2 aromatic rings. The number of nitrogens with zero attached hydrogens (tertiary/aromatic N) is 3. The van der Waals surface area contributed by atoms with Gasteiger partial charge in [0.05, 0.1) is 18.8 Å². The summed E-state index contributed by atoms with van der Waals surface area (Å²) in [6, 6.07) is 6.25. The molecule has 1 amide bonds. The number of carbonyl (C=O) groups excluding carboxylic acids is 1. The Morgan fingerprint density at radius 2 is 2.08 bits per heavy atom. The van der Waals surface area contributed by atoms with Gasteiger partial charge in [-0.1, -0.05) is 18.2 Å². The molecule has 0 atom stereocenters. The summed E-state index contributed by atoms with van der Waals surface area (Å²) in [6.07, 6.45) is 1.39. The van der Waals surface area contributed by atoms with E-state index in [2.05, 4.69) is 15.3 Å². The standard InChI is InChI=1S/C16H18FN5O2/c17-13-4-2-1-3-11(13)9-19-15(23)12-10-20-16(21-14(12)18)22-5-7-24-8-6-22/h1-4,10H,5-9H2,(H,19,23)(H2,18,20,21). The minimum Gasteiger partial charge on any atom is -0.383 e. The smallest absolute Gasteiger partial charge is 0.256 e. The molecule has 126 valence electrons. The van der Waals surface area contributed by atoms with Gasteiger partial charge in [-0.2, -0.15) is 4.98 Å². The number of hydrogen-bond acceptors (Lipinski definition) is 6.